The van der Waals surface area contributed by atoms with E-state index in [1.807, 2.05) is 17.9 Å². The molecule has 21 heavy (non-hydrogen) atoms. The Bertz CT molecular complexity index is 660. The van der Waals surface area contributed by atoms with Crippen LogP contribution in [0.3, 0.4) is 0 Å². The summed E-state index contributed by atoms with van der Waals surface area (Å²) in [7, 11) is 0. The Morgan fingerprint density at radius 3 is 2.62 bits per heavy atom. The summed E-state index contributed by atoms with van der Waals surface area (Å²) >= 11 is 6.13. The SMILES string of the molecule is CCN(Cc1ccc(C(=O)O)cc1Cl)c1cccc(F)c1. The van der Waals surface area contributed by atoms with Crippen molar-refractivity contribution < 1.29 is 14.3 Å². The molecule has 0 saturated heterocycles. The van der Waals surface area contributed by atoms with Crippen molar-refractivity contribution in [3.8, 4) is 0 Å². The highest BCUT2D eigenvalue weighted by molar-refractivity contribution is 6.31. The van der Waals surface area contributed by atoms with Crippen LogP contribution in [-0.4, -0.2) is 17.6 Å². The van der Waals surface area contributed by atoms with Crippen LogP contribution in [0.4, 0.5) is 10.1 Å². The first-order chi connectivity index (χ1) is 10.0. The van der Waals surface area contributed by atoms with Gasteiger partial charge in [-0.05, 0) is 42.8 Å². The number of carboxylic acid groups (broad SMARTS) is 1. The first kappa shape index (κ1) is 15.3. The molecule has 0 spiro atoms. The summed E-state index contributed by atoms with van der Waals surface area (Å²) in [6.07, 6.45) is 0. The molecule has 2 aromatic rings. The molecule has 1 N–H and O–H groups in total. The van der Waals surface area contributed by atoms with E-state index in [1.165, 1.54) is 24.3 Å². The smallest absolute Gasteiger partial charge is 0.335 e. The molecule has 2 aromatic carbocycles. The lowest BCUT2D eigenvalue weighted by Crippen LogP contribution is -2.22. The van der Waals surface area contributed by atoms with Crippen LogP contribution < -0.4 is 4.90 Å². The number of halogens is 2. The summed E-state index contributed by atoms with van der Waals surface area (Å²) in [6, 6.07) is 11.0. The van der Waals surface area contributed by atoms with Gasteiger partial charge in [-0.3, -0.25) is 0 Å². The molecule has 0 radical (unpaired) electrons. The molecule has 3 nitrogen and oxygen atoms in total. The number of hydrogen-bond acceptors (Lipinski definition) is 2. The fraction of sp³-hybridized carbons (Fsp3) is 0.188. The standard InChI is InChI=1S/C16H15ClFNO2/c1-2-19(14-5-3-4-13(18)9-14)10-12-7-6-11(16(20)21)8-15(12)17/h3-9H,2,10H2,1H3,(H,20,21). The van der Waals surface area contributed by atoms with Crippen molar-refractivity contribution in [3.05, 3.63) is 64.4 Å². The topological polar surface area (TPSA) is 40.5 Å². The van der Waals surface area contributed by atoms with Gasteiger partial charge >= 0.3 is 5.97 Å². The first-order valence-corrected chi connectivity index (χ1v) is 6.91. The van der Waals surface area contributed by atoms with E-state index < -0.39 is 5.97 Å². The zero-order chi connectivity index (χ0) is 15.4. The Hall–Kier alpha value is -2.07. The quantitative estimate of drug-likeness (QED) is 0.900. The van der Waals surface area contributed by atoms with Crippen molar-refractivity contribution >= 4 is 23.3 Å². The van der Waals surface area contributed by atoms with Gasteiger partial charge in [-0.2, -0.15) is 0 Å². The average molecular weight is 308 g/mol. The Kier molecular flexibility index (Phi) is 4.81. The normalized spacial score (nSPS) is 10.4. The third-order valence-electron chi connectivity index (χ3n) is 3.22. The van der Waals surface area contributed by atoms with E-state index in [2.05, 4.69) is 0 Å². The second-order valence-corrected chi connectivity index (χ2v) is 5.01. The van der Waals surface area contributed by atoms with Gasteiger partial charge in [0.05, 0.1) is 5.56 Å². The summed E-state index contributed by atoms with van der Waals surface area (Å²) in [4.78, 5) is 12.9. The van der Waals surface area contributed by atoms with Gasteiger partial charge in [-0.1, -0.05) is 23.7 Å². The minimum Gasteiger partial charge on any atom is -0.478 e. The second-order valence-electron chi connectivity index (χ2n) is 4.61. The molecule has 110 valence electrons. The number of benzene rings is 2. The van der Waals surface area contributed by atoms with Gasteiger partial charge in [0, 0.05) is 23.8 Å². The molecule has 0 bridgehead atoms. The molecular weight excluding hydrogens is 293 g/mol. The maximum Gasteiger partial charge on any atom is 0.335 e. The van der Waals surface area contributed by atoms with E-state index in [4.69, 9.17) is 16.7 Å². The Labute approximate surface area is 127 Å². The summed E-state index contributed by atoms with van der Waals surface area (Å²) in [5, 5.41) is 9.32. The second kappa shape index (κ2) is 6.59. The molecule has 2 rings (SSSR count). The zero-order valence-electron chi connectivity index (χ0n) is 11.5. The van der Waals surface area contributed by atoms with E-state index in [9.17, 15) is 9.18 Å². The summed E-state index contributed by atoms with van der Waals surface area (Å²) < 4.78 is 13.3. The Balaban J connectivity index is 2.25. The zero-order valence-corrected chi connectivity index (χ0v) is 12.3. The lowest BCUT2D eigenvalue weighted by atomic mass is 10.1. The fourth-order valence-electron chi connectivity index (χ4n) is 2.07. The van der Waals surface area contributed by atoms with E-state index >= 15 is 0 Å². The van der Waals surface area contributed by atoms with Crippen LogP contribution in [0.1, 0.15) is 22.8 Å². The molecular formula is C16H15ClFNO2. The number of anilines is 1. The maximum absolute atomic E-state index is 13.3. The molecule has 0 aliphatic carbocycles. The van der Waals surface area contributed by atoms with E-state index in [1.54, 1.807) is 12.1 Å². The third kappa shape index (κ3) is 3.73. The van der Waals surface area contributed by atoms with Crippen LogP contribution >= 0.6 is 11.6 Å². The Morgan fingerprint density at radius 1 is 1.29 bits per heavy atom. The van der Waals surface area contributed by atoms with Gasteiger partial charge in [0.15, 0.2) is 0 Å². The molecule has 0 aliphatic heterocycles. The largest absolute Gasteiger partial charge is 0.478 e. The molecule has 5 heteroatoms. The highest BCUT2D eigenvalue weighted by atomic mass is 35.5. The van der Waals surface area contributed by atoms with E-state index in [0.717, 1.165) is 11.3 Å². The highest BCUT2D eigenvalue weighted by Gasteiger charge is 2.11. The van der Waals surface area contributed by atoms with Gasteiger partial charge < -0.3 is 10.0 Å². The van der Waals surface area contributed by atoms with Crippen molar-refractivity contribution in [1.82, 2.24) is 0 Å². The number of aromatic carboxylic acids is 1. The van der Waals surface area contributed by atoms with Gasteiger partial charge in [-0.25, -0.2) is 9.18 Å². The minimum atomic E-state index is -1.01. The van der Waals surface area contributed by atoms with Crippen LogP contribution in [0.5, 0.6) is 0 Å². The molecule has 0 aromatic heterocycles. The average Bonchev–Trinajstić information content (AvgIpc) is 2.45. The fourth-order valence-corrected chi connectivity index (χ4v) is 2.31. The van der Waals surface area contributed by atoms with Crippen molar-refractivity contribution in [1.29, 1.82) is 0 Å². The van der Waals surface area contributed by atoms with Crippen LogP contribution in [0.25, 0.3) is 0 Å². The van der Waals surface area contributed by atoms with Crippen LogP contribution in [0, 0.1) is 5.82 Å². The molecule has 0 heterocycles. The molecule has 0 aliphatic rings. The van der Waals surface area contributed by atoms with Crippen molar-refractivity contribution in [3.63, 3.8) is 0 Å². The number of hydrogen-bond donors (Lipinski definition) is 1. The predicted octanol–water partition coefficient (Wildman–Crippen LogP) is 4.20. The lowest BCUT2D eigenvalue weighted by molar-refractivity contribution is 0.0697. The number of carbonyl (C=O) groups is 1. The summed E-state index contributed by atoms with van der Waals surface area (Å²) in [5.41, 5.74) is 1.71. The molecule has 0 amide bonds. The summed E-state index contributed by atoms with van der Waals surface area (Å²) in [5.74, 6) is -1.31. The summed E-state index contributed by atoms with van der Waals surface area (Å²) in [6.45, 7) is 3.13. The Morgan fingerprint density at radius 2 is 2.05 bits per heavy atom. The highest BCUT2D eigenvalue weighted by Crippen LogP contribution is 2.23. The minimum absolute atomic E-state index is 0.151. The van der Waals surface area contributed by atoms with Gasteiger partial charge in [0.2, 0.25) is 0 Å². The maximum atomic E-state index is 13.3. The number of rotatable bonds is 5. The van der Waals surface area contributed by atoms with Crippen molar-refractivity contribution in [2.45, 2.75) is 13.5 Å². The first-order valence-electron chi connectivity index (χ1n) is 6.53. The predicted molar refractivity (Wildman–Crippen MR) is 81.5 cm³/mol. The third-order valence-corrected chi connectivity index (χ3v) is 3.57. The molecule has 0 saturated carbocycles. The molecule has 0 atom stereocenters. The van der Waals surface area contributed by atoms with Crippen LogP contribution in [0.15, 0.2) is 42.5 Å². The van der Waals surface area contributed by atoms with Gasteiger partial charge in [-0.15, -0.1) is 0 Å². The van der Waals surface area contributed by atoms with Crippen LogP contribution in [-0.2, 0) is 6.54 Å². The number of nitrogens with zero attached hydrogens (tertiary/aromatic N) is 1. The van der Waals surface area contributed by atoms with E-state index in [-0.39, 0.29) is 11.4 Å². The molecule has 0 fully saturated rings. The van der Waals surface area contributed by atoms with Crippen LogP contribution in [0.2, 0.25) is 5.02 Å². The monoisotopic (exact) mass is 307 g/mol. The van der Waals surface area contributed by atoms with E-state index in [0.29, 0.717) is 18.1 Å². The van der Waals surface area contributed by atoms with Crippen molar-refractivity contribution in [2.24, 2.45) is 0 Å². The molecule has 0 unspecified atom stereocenters. The lowest BCUT2D eigenvalue weighted by Gasteiger charge is -2.24. The number of carboxylic acids is 1. The van der Waals surface area contributed by atoms with Crippen molar-refractivity contribution in [2.75, 3.05) is 11.4 Å². The van der Waals surface area contributed by atoms with Gasteiger partial charge in [0.1, 0.15) is 5.82 Å². The van der Waals surface area contributed by atoms with Gasteiger partial charge in [0.25, 0.3) is 0 Å².